The Bertz CT molecular complexity index is 880. The summed E-state index contributed by atoms with van der Waals surface area (Å²) < 4.78 is 77.1. The van der Waals surface area contributed by atoms with E-state index in [4.69, 9.17) is 9.47 Å². The van der Waals surface area contributed by atoms with Gasteiger partial charge in [-0.3, -0.25) is 4.21 Å². The molecule has 3 rings (SSSR count). The molecule has 0 amide bonds. The maximum atomic E-state index is 13.3. The van der Waals surface area contributed by atoms with Crippen LogP contribution in [0.4, 0.5) is 17.6 Å². The van der Waals surface area contributed by atoms with Crippen molar-refractivity contribution in [2.75, 3.05) is 26.0 Å². The lowest BCUT2D eigenvalue weighted by Crippen LogP contribution is -2.49. The lowest BCUT2D eigenvalue weighted by atomic mass is 10.0. The number of rotatable bonds is 5. The number of hydrogen-bond acceptors (Lipinski definition) is 4. The summed E-state index contributed by atoms with van der Waals surface area (Å²) in [7, 11) is -1.60. The fourth-order valence-corrected chi connectivity index (χ4v) is 3.76. The normalized spacial score (nSPS) is 22.3. The largest absolute Gasteiger partial charge is 0.416 e. The first kappa shape index (κ1) is 21.9. The van der Waals surface area contributed by atoms with Gasteiger partial charge in [-0.05, 0) is 42.8 Å². The summed E-state index contributed by atoms with van der Waals surface area (Å²) in [6, 6.07) is 8.87. The van der Waals surface area contributed by atoms with Crippen molar-refractivity contribution in [2.45, 2.75) is 29.9 Å². The van der Waals surface area contributed by atoms with Crippen molar-refractivity contribution in [2.24, 2.45) is 0 Å². The minimum Gasteiger partial charge on any atom is -0.343 e. The maximum absolute atomic E-state index is 13.3. The van der Waals surface area contributed by atoms with Crippen LogP contribution in [0.1, 0.15) is 29.7 Å². The predicted molar refractivity (Wildman–Crippen MR) is 100 cm³/mol. The molecule has 29 heavy (non-hydrogen) atoms. The molecule has 0 saturated carbocycles. The third-order valence-corrected chi connectivity index (χ3v) is 5.58. The number of nitrogens with one attached hydrogen (secondary N) is 1. The zero-order valence-electron chi connectivity index (χ0n) is 15.9. The van der Waals surface area contributed by atoms with Gasteiger partial charge in [0.1, 0.15) is 5.82 Å². The van der Waals surface area contributed by atoms with E-state index in [1.807, 2.05) is 0 Å². The number of morpholine rings is 1. The van der Waals surface area contributed by atoms with Crippen molar-refractivity contribution >= 4 is 10.8 Å². The highest BCUT2D eigenvalue weighted by molar-refractivity contribution is 7.84. The molecule has 0 radical (unpaired) electrons. The first-order valence-electron chi connectivity index (χ1n) is 8.95. The second-order valence-electron chi connectivity index (χ2n) is 6.79. The SMILES string of the molecule is C[C@@H](O[C@]1(c2ccc(F)cc2)CNCCO1)c1cc(S(C)=O)cc(C(F)(F)F)c1. The second kappa shape index (κ2) is 8.51. The highest BCUT2D eigenvalue weighted by Gasteiger charge is 2.39. The van der Waals surface area contributed by atoms with Crippen LogP contribution in [-0.4, -0.2) is 30.2 Å². The van der Waals surface area contributed by atoms with Crippen molar-refractivity contribution in [3.63, 3.8) is 0 Å². The number of hydrogen-bond donors (Lipinski definition) is 1. The maximum Gasteiger partial charge on any atom is 0.416 e. The van der Waals surface area contributed by atoms with Gasteiger partial charge < -0.3 is 14.8 Å². The van der Waals surface area contributed by atoms with Crippen molar-refractivity contribution in [1.29, 1.82) is 0 Å². The van der Waals surface area contributed by atoms with E-state index < -0.39 is 40.2 Å². The summed E-state index contributed by atoms with van der Waals surface area (Å²) >= 11 is 0. The van der Waals surface area contributed by atoms with Gasteiger partial charge in [-0.1, -0.05) is 12.1 Å². The molecule has 1 fully saturated rings. The van der Waals surface area contributed by atoms with Crippen LogP contribution < -0.4 is 5.32 Å². The van der Waals surface area contributed by atoms with Crippen molar-refractivity contribution < 1.29 is 31.2 Å². The Morgan fingerprint density at radius 3 is 2.45 bits per heavy atom. The summed E-state index contributed by atoms with van der Waals surface area (Å²) in [5, 5.41) is 3.14. The molecule has 1 saturated heterocycles. The Morgan fingerprint density at radius 2 is 1.90 bits per heavy atom. The number of halogens is 4. The Balaban J connectivity index is 1.98. The zero-order valence-corrected chi connectivity index (χ0v) is 16.7. The monoisotopic (exact) mass is 431 g/mol. The topological polar surface area (TPSA) is 47.6 Å². The second-order valence-corrected chi connectivity index (χ2v) is 8.17. The van der Waals surface area contributed by atoms with E-state index in [9.17, 15) is 21.8 Å². The number of alkyl halides is 3. The third-order valence-electron chi connectivity index (χ3n) is 4.68. The molecule has 0 aliphatic carbocycles. The van der Waals surface area contributed by atoms with Crippen molar-refractivity contribution in [3.05, 3.63) is 65.0 Å². The van der Waals surface area contributed by atoms with E-state index >= 15 is 0 Å². The zero-order chi connectivity index (χ0) is 21.2. The quantitative estimate of drug-likeness (QED) is 0.724. The fourth-order valence-electron chi connectivity index (χ4n) is 3.17. The van der Waals surface area contributed by atoms with Gasteiger partial charge in [-0.25, -0.2) is 4.39 Å². The Hall–Kier alpha value is -1.81. The van der Waals surface area contributed by atoms with E-state index in [2.05, 4.69) is 5.32 Å². The molecule has 1 N–H and O–H groups in total. The van der Waals surface area contributed by atoms with Crippen LogP contribution in [0.15, 0.2) is 47.4 Å². The first-order chi connectivity index (χ1) is 13.6. The molecule has 2 aromatic rings. The molecule has 0 aromatic heterocycles. The lowest BCUT2D eigenvalue weighted by molar-refractivity contribution is -0.276. The van der Waals surface area contributed by atoms with Crippen LogP contribution in [0, 0.1) is 5.82 Å². The number of ether oxygens (including phenoxy) is 2. The summed E-state index contributed by atoms with van der Waals surface area (Å²) in [4.78, 5) is 0.0591. The molecule has 1 heterocycles. The Kier molecular flexibility index (Phi) is 6.42. The van der Waals surface area contributed by atoms with E-state index in [1.165, 1.54) is 36.6 Å². The van der Waals surface area contributed by atoms with Crippen LogP contribution >= 0.6 is 0 Å². The Morgan fingerprint density at radius 1 is 1.21 bits per heavy atom. The molecular formula is C20H21F4NO3S. The van der Waals surface area contributed by atoms with Gasteiger partial charge >= 0.3 is 6.18 Å². The van der Waals surface area contributed by atoms with E-state index in [0.717, 1.165) is 12.1 Å². The predicted octanol–water partition coefficient (Wildman–Crippen LogP) is 4.13. The molecular weight excluding hydrogens is 410 g/mol. The molecule has 3 atom stereocenters. The first-order valence-corrected chi connectivity index (χ1v) is 10.5. The average molecular weight is 431 g/mol. The van der Waals surface area contributed by atoms with Crippen molar-refractivity contribution in [3.8, 4) is 0 Å². The van der Waals surface area contributed by atoms with Gasteiger partial charge in [0.05, 0.1) is 24.8 Å². The summed E-state index contributed by atoms with van der Waals surface area (Å²) in [6.45, 7) is 2.75. The van der Waals surface area contributed by atoms with Crippen LogP contribution in [0.3, 0.4) is 0 Å². The van der Waals surface area contributed by atoms with Gasteiger partial charge in [0.2, 0.25) is 5.79 Å². The van der Waals surface area contributed by atoms with Gasteiger partial charge in [0.25, 0.3) is 0 Å². The molecule has 9 heteroatoms. The molecule has 2 aromatic carbocycles. The molecule has 0 bridgehead atoms. The van der Waals surface area contributed by atoms with Crippen LogP contribution in [0.25, 0.3) is 0 Å². The molecule has 1 unspecified atom stereocenters. The van der Waals surface area contributed by atoms with Gasteiger partial charge in [0.15, 0.2) is 0 Å². The highest BCUT2D eigenvalue weighted by atomic mass is 32.2. The summed E-state index contributed by atoms with van der Waals surface area (Å²) in [5.74, 6) is -1.71. The minimum absolute atomic E-state index is 0.0591. The van der Waals surface area contributed by atoms with E-state index in [1.54, 1.807) is 6.92 Å². The minimum atomic E-state index is -4.58. The fraction of sp³-hybridized carbons (Fsp3) is 0.400. The lowest BCUT2D eigenvalue weighted by Gasteiger charge is -2.40. The van der Waals surface area contributed by atoms with E-state index in [0.29, 0.717) is 18.7 Å². The van der Waals surface area contributed by atoms with Crippen LogP contribution in [-0.2, 0) is 32.2 Å². The molecule has 4 nitrogen and oxygen atoms in total. The van der Waals surface area contributed by atoms with Gasteiger partial charge in [-0.15, -0.1) is 0 Å². The van der Waals surface area contributed by atoms with E-state index in [-0.39, 0.29) is 17.0 Å². The summed E-state index contributed by atoms with van der Waals surface area (Å²) in [6.07, 6.45) is -4.08. The van der Waals surface area contributed by atoms with Crippen molar-refractivity contribution in [1.82, 2.24) is 5.32 Å². The van der Waals surface area contributed by atoms with Crippen LogP contribution in [0.5, 0.6) is 0 Å². The van der Waals surface area contributed by atoms with Crippen LogP contribution in [0.2, 0.25) is 0 Å². The molecule has 1 aliphatic heterocycles. The third kappa shape index (κ3) is 5.03. The smallest absolute Gasteiger partial charge is 0.343 e. The molecule has 1 aliphatic rings. The Labute approximate surface area is 168 Å². The summed E-state index contributed by atoms with van der Waals surface area (Å²) in [5.41, 5.74) is -0.126. The molecule has 158 valence electrons. The highest BCUT2D eigenvalue weighted by Crippen LogP contribution is 2.37. The standard InChI is InChI=1S/C20H21F4NO3S/c1-13(14-9-16(20(22,23)24)11-18(10-14)29(2)26)28-19(12-25-7-8-27-19)15-3-5-17(21)6-4-15/h3-6,9-11,13,25H,7-8,12H2,1-2H3/t13-,19+,29?/m1/s1. The number of benzene rings is 2. The van der Waals surface area contributed by atoms with Gasteiger partial charge in [0, 0.05) is 34.1 Å². The molecule has 0 spiro atoms. The van der Waals surface area contributed by atoms with Gasteiger partial charge in [-0.2, -0.15) is 13.2 Å². The average Bonchev–Trinajstić information content (AvgIpc) is 2.68.